The van der Waals surface area contributed by atoms with E-state index in [-0.39, 0.29) is 30.2 Å². The first-order chi connectivity index (χ1) is 15.7. The van der Waals surface area contributed by atoms with Crippen LogP contribution >= 0.6 is 0 Å². The lowest BCUT2D eigenvalue weighted by molar-refractivity contribution is -0.0936. The topological polar surface area (TPSA) is 68.8 Å². The quantitative estimate of drug-likeness (QED) is 0.313. The number of rotatable bonds is 1. The fourth-order valence-corrected chi connectivity index (χ4v) is 4.66. The molecule has 168 valence electrons. The zero-order chi connectivity index (χ0) is 23.3. The third kappa shape index (κ3) is 3.78. The van der Waals surface area contributed by atoms with E-state index in [0.717, 1.165) is 29.7 Å². The zero-order valence-corrected chi connectivity index (χ0v) is 18.1. The van der Waals surface area contributed by atoms with Crippen LogP contribution in [-0.2, 0) is 6.42 Å². The van der Waals surface area contributed by atoms with Crippen molar-refractivity contribution in [1.82, 2.24) is 9.55 Å². The van der Waals surface area contributed by atoms with Crippen LogP contribution in [-0.4, -0.2) is 27.9 Å². The molecule has 2 N–H and O–H groups in total. The fraction of sp³-hybridized carbons (Fsp3) is 0.320. The summed E-state index contributed by atoms with van der Waals surface area (Å²) in [5.41, 5.74) is 3.10. The second kappa shape index (κ2) is 7.77. The van der Waals surface area contributed by atoms with Gasteiger partial charge in [0.15, 0.2) is 0 Å². The maximum atomic E-state index is 14.2. The predicted octanol–water partition coefficient (Wildman–Crippen LogP) is 4.98. The Balaban J connectivity index is 1.62. The molecule has 0 unspecified atom stereocenters. The second-order valence-corrected chi connectivity index (χ2v) is 8.63. The van der Waals surface area contributed by atoms with Crippen LogP contribution in [0.1, 0.15) is 37.3 Å². The van der Waals surface area contributed by atoms with E-state index in [1.165, 1.54) is 16.7 Å². The summed E-state index contributed by atoms with van der Waals surface area (Å²) >= 11 is 0. The Kier molecular flexibility index (Phi) is 5.00. The number of hydrogen-bond acceptors (Lipinski definition) is 4. The maximum absolute atomic E-state index is 14.2. The molecule has 0 amide bonds. The highest BCUT2D eigenvalue weighted by atomic mass is 19.3. The summed E-state index contributed by atoms with van der Waals surface area (Å²) in [5, 5.41) is 16.9. The van der Waals surface area contributed by atoms with Crippen molar-refractivity contribution in [3.8, 4) is 11.8 Å². The van der Waals surface area contributed by atoms with Gasteiger partial charge in [-0.25, -0.2) is 13.2 Å². The van der Waals surface area contributed by atoms with E-state index < -0.39 is 11.7 Å². The highest BCUT2D eigenvalue weighted by Crippen LogP contribution is 2.42. The summed E-state index contributed by atoms with van der Waals surface area (Å²) in [6.45, 7) is 2.19. The van der Waals surface area contributed by atoms with Gasteiger partial charge in [-0.1, -0.05) is 17.9 Å². The number of alkyl halides is 2. The summed E-state index contributed by atoms with van der Waals surface area (Å²) in [7, 11) is 0. The molecular weight excluding hydrogens is 427 g/mol. The van der Waals surface area contributed by atoms with Crippen LogP contribution in [0.5, 0.6) is 0 Å². The molecule has 0 radical (unpaired) electrons. The summed E-state index contributed by atoms with van der Waals surface area (Å²) in [6, 6.07) is 9.96. The molecule has 0 bridgehead atoms. The normalized spacial score (nSPS) is 17.2. The molecule has 1 aromatic heterocycles. The van der Waals surface area contributed by atoms with Gasteiger partial charge >= 0.3 is 0 Å². The lowest BCUT2D eigenvalue weighted by Gasteiger charge is -2.32. The molecule has 2 aliphatic rings. The van der Waals surface area contributed by atoms with Crippen molar-refractivity contribution >= 4 is 28.2 Å². The largest absolute Gasteiger partial charge is 0.325 e. The minimum Gasteiger partial charge on any atom is -0.325 e. The van der Waals surface area contributed by atoms with Crippen molar-refractivity contribution in [2.45, 2.75) is 38.5 Å². The monoisotopic (exact) mass is 449 g/mol. The van der Waals surface area contributed by atoms with Crippen molar-refractivity contribution in [2.75, 3.05) is 11.4 Å². The number of fused-ring (bicyclic) bond motifs is 2. The predicted molar refractivity (Wildman–Crippen MR) is 121 cm³/mol. The lowest BCUT2D eigenvalue weighted by Crippen LogP contribution is -2.34. The first-order valence-corrected chi connectivity index (χ1v) is 10.8. The van der Waals surface area contributed by atoms with Crippen LogP contribution in [0.4, 0.5) is 24.7 Å². The average Bonchev–Trinajstić information content (AvgIpc) is 2.75. The van der Waals surface area contributed by atoms with Crippen molar-refractivity contribution < 1.29 is 13.2 Å². The Hall–Kier alpha value is -3.60. The minimum atomic E-state index is -2.60. The first-order valence-electron chi connectivity index (χ1n) is 10.8. The highest BCUT2D eigenvalue weighted by molar-refractivity contribution is 5.97. The Morgan fingerprint density at radius 3 is 2.73 bits per heavy atom. The molecule has 0 saturated heterocycles. The van der Waals surface area contributed by atoms with Crippen LogP contribution < -0.4 is 10.5 Å². The SMILES string of the molecule is CC(=N)n1c(=N)nc(N2CCCc3c(C#CC4CC(F)(F)C4)cccc32)c2cc(F)ccc21. The van der Waals surface area contributed by atoms with E-state index in [9.17, 15) is 13.2 Å². The van der Waals surface area contributed by atoms with Crippen molar-refractivity contribution in [1.29, 1.82) is 10.8 Å². The number of nitrogens with one attached hydrogen (secondary N) is 2. The summed E-state index contributed by atoms with van der Waals surface area (Å²) < 4.78 is 41.9. The van der Waals surface area contributed by atoms with E-state index in [2.05, 4.69) is 16.8 Å². The molecule has 1 aliphatic carbocycles. The van der Waals surface area contributed by atoms with Gasteiger partial charge < -0.3 is 4.90 Å². The van der Waals surface area contributed by atoms with Gasteiger partial charge in [0.25, 0.3) is 5.92 Å². The molecular formula is C25H22F3N5. The smallest absolute Gasteiger partial charge is 0.250 e. The Morgan fingerprint density at radius 1 is 1.21 bits per heavy atom. The average molecular weight is 449 g/mol. The van der Waals surface area contributed by atoms with Crippen LogP contribution in [0, 0.1) is 34.4 Å². The van der Waals surface area contributed by atoms with Gasteiger partial charge in [0.1, 0.15) is 17.5 Å². The number of aromatic nitrogens is 2. The zero-order valence-electron chi connectivity index (χ0n) is 18.1. The first kappa shape index (κ1) is 21.3. The number of anilines is 2. The second-order valence-electron chi connectivity index (χ2n) is 8.63. The number of hydrogen-bond donors (Lipinski definition) is 2. The van der Waals surface area contributed by atoms with Gasteiger partial charge in [0.2, 0.25) is 5.62 Å². The van der Waals surface area contributed by atoms with Crippen molar-refractivity contribution in [3.05, 3.63) is 59.0 Å². The molecule has 1 fully saturated rings. The molecule has 1 saturated carbocycles. The van der Waals surface area contributed by atoms with Gasteiger partial charge in [-0.2, -0.15) is 4.98 Å². The molecule has 0 atom stereocenters. The van der Waals surface area contributed by atoms with E-state index in [1.54, 1.807) is 13.0 Å². The molecule has 2 heterocycles. The molecule has 2 aromatic carbocycles. The number of halogens is 3. The van der Waals surface area contributed by atoms with E-state index in [0.29, 0.717) is 23.3 Å². The fourth-order valence-electron chi connectivity index (χ4n) is 4.66. The molecule has 5 rings (SSSR count). The van der Waals surface area contributed by atoms with E-state index >= 15 is 0 Å². The van der Waals surface area contributed by atoms with Gasteiger partial charge in [0.05, 0.1) is 5.52 Å². The summed E-state index contributed by atoms with van der Waals surface area (Å²) in [4.78, 5) is 6.42. The van der Waals surface area contributed by atoms with Gasteiger partial charge in [-0.15, -0.1) is 0 Å². The molecule has 1 aliphatic heterocycles. The summed E-state index contributed by atoms with van der Waals surface area (Å²) in [5.74, 6) is 3.36. The molecule has 33 heavy (non-hydrogen) atoms. The Labute approximate surface area is 188 Å². The lowest BCUT2D eigenvalue weighted by atomic mass is 9.81. The third-order valence-corrected chi connectivity index (χ3v) is 6.21. The van der Waals surface area contributed by atoms with Gasteiger partial charge in [-0.05, 0) is 55.7 Å². The van der Waals surface area contributed by atoms with Crippen LogP contribution in [0.3, 0.4) is 0 Å². The van der Waals surface area contributed by atoms with E-state index in [1.807, 2.05) is 23.1 Å². The molecule has 5 nitrogen and oxygen atoms in total. The third-order valence-electron chi connectivity index (χ3n) is 6.21. The Bertz CT molecular complexity index is 1410. The minimum absolute atomic E-state index is 0.106. The number of benzene rings is 2. The van der Waals surface area contributed by atoms with Crippen LogP contribution in [0.15, 0.2) is 36.4 Å². The highest BCUT2D eigenvalue weighted by Gasteiger charge is 2.44. The molecule has 0 spiro atoms. The molecule has 8 heteroatoms. The van der Waals surface area contributed by atoms with Crippen molar-refractivity contribution in [3.63, 3.8) is 0 Å². The Morgan fingerprint density at radius 2 is 2.00 bits per heavy atom. The van der Waals surface area contributed by atoms with Crippen LogP contribution in [0.2, 0.25) is 0 Å². The molecule has 3 aromatic rings. The van der Waals surface area contributed by atoms with E-state index in [4.69, 9.17) is 10.8 Å². The standard InChI is InChI=1S/C25H22F3N5/c1-15(29)33-22-10-9-18(26)12-20(22)23(31-24(33)30)32-11-3-5-19-17(4-2-6-21(19)32)8-7-16-13-25(27,28)14-16/h2,4,6,9-10,12,16,29-30H,3,5,11,13-14H2,1H3. The van der Waals surface area contributed by atoms with Crippen LogP contribution in [0.25, 0.3) is 10.9 Å². The summed E-state index contributed by atoms with van der Waals surface area (Å²) in [6.07, 6.45) is 1.21. The van der Waals surface area contributed by atoms with Crippen molar-refractivity contribution in [2.24, 2.45) is 5.92 Å². The number of nitrogens with zero attached hydrogens (tertiary/aromatic N) is 3. The van der Waals surface area contributed by atoms with Gasteiger partial charge in [-0.3, -0.25) is 15.4 Å². The maximum Gasteiger partial charge on any atom is 0.250 e. The van der Waals surface area contributed by atoms with Gasteiger partial charge in [0, 0.05) is 41.9 Å².